The van der Waals surface area contributed by atoms with Gasteiger partial charge in [0.1, 0.15) is 21.8 Å². The maximum atomic E-state index is 12.9. The number of benzene rings is 1. The topological polar surface area (TPSA) is 77.8 Å². The van der Waals surface area contributed by atoms with E-state index in [0.29, 0.717) is 21.6 Å². The lowest BCUT2D eigenvalue weighted by molar-refractivity contribution is 0.0939. The Balaban J connectivity index is 1.85. The van der Waals surface area contributed by atoms with Gasteiger partial charge in [0.2, 0.25) is 5.82 Å². The van der Waals surface area contributed by atoms with Crippen LogP contribution in [0.15, 0.2) is 35.2 Å². The fraction of sp³-hybridized carbons (Fsp3) is 0.235. The largest absolute Gasteiger partial charge is 0.497 e. The minimum Gasteiger partial charge on any atom is -0.497 e. The number of carbonyl (C=O) groups is 1. The van der Waals surface area contributed by atoms with Gasteiger partial charge in [0.15, 0.2) is 0 Å². The van der Waals surface area contributed by atoms with Crippen LogP contribution >= 0.6 is 15.9 Å². The molecule has 0 aliphatic rings. The molecule has 0 bridgehead atoms. The average molecular weight is 441 g/mol. The van der Waals surface area contributed by atoms with Crippen molar-refractivity contribution in [1.29, 1.82) is 0 Å². The molecular weight excluding hydrogens is 426 g/mol. The standard InChI is InChI=1S/C17H15BrF2N4O3/c1-26-10-4-3-9(13(5-10)27-2)6-22-17(25)16-23-14(18)12-7-21-11(15(19)20)8-24(12)16/h3-5,7-8,15H,6H2,1-2H3,(H,22,25). The number of methoxy groups -OCH3 is 2. The molecule has 3 aromatic rings. The number of aromatic nitrogens is 3. The Kier molecular flexibility index (Phi) is 5.54. The first-order chi connectivity index (χ1) is 12.9. The maximum Gasteiger partial charge on any atom is 0.287 e. The average Bonchev–Trinajstić information content (AvgIpc) is 3.02. The van der Waals surface area contributed by atoms with Gasteiger partial charge in [-0.15, -0.1) is 0 Å². The van der Waals surface area contributed by atoms with Crippen molar-refractivity contribution in [2.75, 3.05) is 14.2 Å². The third-order valence-electron chi connectivity index (χ3n) is 3.86. The first-order valence-corrected chi connectivity index (χ1v) is 8.54. The van der Waals surface area contributed by atoms with Crippen LogP contribution in [0.3, 0.4) is 0 Å². The van der Waals surface area contributed by atoms with E-state index in [1.165, 1.54) is 17.7 Å². The summed E-state index contributed by atoms with van der Waals surface area (Å²) in [7, 11) is 3.05. The molecule has 0 unspecified atom stereocenters. The van der Waals surface area contributed by atoms with Crippen molar-refractivity contribution >= 4 is 27.4 Å². The number of ether oxygens (including phenoxy) is 2. The quantitative estimate of drug-likeness (QED) is 0.635. The van der Waals surface area contributed by atoms with Crippen LogP contribution < -0.4 is 14.8 Å². The summed E-state index contributed by atoms with van der Waals surface area (Å²) in [6, 6.07) is 5.20. The molecule has 1 amide bonds. The number of fused-ring (bicyclic) bond motifs is 1. The number of rotatable bonds is 6. The number of hydrogen-bond donors (Lipinski definition) is 1. The molecule has 10 heteroatoms. The zero-order chi connectivity index (χ0) is 19.6. The van der Waals surface area contributed by atoms with E-state index in [4.69, 9.17) is 9.47 Å². The molecule has 0 aliphatic carbocycles. The Hall–Kier alpha value is -2.75. The zero-order valence-electron chi connectivity index (χ0n) is 14.4. The molecule has 0 spiro atoms. The van der Waals surface area contributed by atoms with E-state index in [1.54, 1.807) is 25.3 Å². The summed E-state index contributed by atoms with van der Waals surface area (Å²) in [6.07, 6.45) is -0.419. The van der Waals surface area contributed by atoms with E-state index in [9.17, 15) is 13.6 Å². The molecule has 0 radical (unpaired) electrons. The van der Waals surface area contributed by atoms with E-state index in [2.05, 4.69) is 31.2 Å². The van der Waals surface area contributed by atoms with Gasteiger partial charge in [-0.3, -0.25) is 14.2 Å². The highest BCUT2D eigenvalue weighted by Crippen LogP contribution is 2.25. The van der Waals surface area contributed by atoms with Gasteiger partial charge < -0.3 is 14.8 Å². The second-order valence-corrected chi connectivity index (χ2v) is 6.21. The van der Waals surface area contributed by atoms with E-state index >= 15 is 0 Å². The molecule has 0 fully saturated rings. The molecule has 0 saturated heterocycles. The van der Waals surface area contributed by atoms with Gasteiger partial charge in [-0.25, -0.2) is 13.8 Å². The number of nitrogens with zero attached hydrogens (tertiary/aromatic N) is 3. The summed E-state index contributed by atoms with van der Waals surface area (Å²) in [5, 5.41) is 2.71. The summed E-state index contributed by atoms with van der Waals surface area (Å²) in [4.78, 5) is 20.3. The highest BCUT2D eigenvalue weighted by atomic mass is 79.9. The van der Waals surface area contributed by atoms with E-state index < -0.39 is 18.0 Å². The number of carbonyl (C=O) groups excluding carboxylic acids is 1. The van der Waals surface area contributed by atoms with Crippen molar-refractivity contribution in [3.8, 4) is 11.5 Å². The third kappa shape index (κ3) is 3.85. The van der Waals surface area contributed by atoms with Gasteiger partial charge >= 0.3 is 0 Å². The SMILES string of the molecule is COc1ccc(CNC(=O)c2nc(Br)c3cnc(C(F)F)cn23)c(OC)c1. The molecule has 2 aromatic heterocycles. The molecule has 0 aliphatic heterocycles. The smallest absolute Gasteiger partial charge is 0.287 e. The maximum absolute atomic E-state index is 12.9. The minimum absolute atomic E-state index is 0.0337. The monoisotopic (exact) mass is 440 g/mol. The van der Waals surface area contributed by atoms with Crippen LogP contribution in [0, 0.1) is 0 Å². The van der Waals surface area contributed by atoms with Crippen LogP contribution in [0.2, 0.25) is 0 Å². The first kappa shape index (κ1) is 19.0. The summed E-state index contributed by atoms with van der Waals surface area (Å²) in [5.41, 5.74) is 0.686. The number of alkyl halides is 2. The summed E-state index contributed by atoms with van der Waals surface area (Å²) >= 11 is 3.21. The molecule has 2 heterocycles. The van der Waals surface area contributed by atoms with Crippen molar-refractivity contribution < 1.29 is 23.0 Å². The molecule has 1 N–H and O–H groups in total. The van der Waals surface area contributed by atoms with Gasteiger partial charge in [-0.2, -0.15) is 0 Å². The van der Waals surface area contributed by atoms with Gasteiger partial charge in [-0.1, -0.05) is 0 Å². The Morgan fingerprint density at radius 3 is 2.78 bits per heavy atom. The summed E-state index contributed by atoms with van der Waals surface area (Å²) in [6.45, 7) is 0.158. The van der Waals surface area contributed by atoms with E-state index in [0.717, 1.165) is 11.8 Å². The molecule has 3 rings (SSSR count). The zero-order valence-corrected chi connectivity index (χ0v) is 16.0. The van der Waals surface area contributed by atoms with Crippen molar-refractivity contribution in [1.82, 2.24) is 19.7 Å². The van der Waals surface area contributed by atoms with Crippen molar-refractivity contribution in [2.24, 2.45) is 0 Å². The number of nitrogens with one attached hydrogen (secondary N) is 1. The minimum atomic E-state index is -2.75. The highest BCUT2D eigenvalue weighted by molar-refractivity contribution is 9.10. The van der Waals surface area contributed by atoms with Gasteiger partial charge in [0.05, 0.1) is 25.9 Å². The molecule has 1 aromatic carbocycles. The Bertz CT molecular complexity index is 994. The Labute approximate surface area is 161 Å². The van der Waals surface area contributed by atoms with Gasteiger partial charge in [0, 0.05) is 24.4 Å². The number of amides is 1. The second kappa shape index (κ2) is 7.87. The highest BCUT2D eigenvalue weighted by Gasteiger charge is 2.19. The lowest BCUT2D eigenvalue weighted by atomic mass is 10.2. The Morgan fingerprint density at radius 2 is 2.11 bits per heavy atom. The van der Waals surface area contributed by atoms with Crippen LogP contribution in [0.5, 0.6) is 11.5 Å². The van der Waals surface area contributed by atoms with Crippen LogP contribution in [-0.4, -0.2) is 34.5 Å². The lowest BCUT2D eigenvalue weighted by Crippen LogP contribution is -2.25. The fourth-order valence-electron chi connectivity index (χ4n) is 2.49. The van der Waals surface area contributed by atoms with Crippen molar-refractivity contribution in [3.63, 3.8) is 0 Å². The van der Waals surface area contributed by atoms with Crippen molar-refractivity contribution in [2.45, 2.75) is 13.0 Å². The molecule has 7 nitrogen and oxygen atoms in total. The normalized spacial score (nSPS) is 11.0. The molecule has 0 saturated carbocycles. The number of imidazole rings is 1. The lowest BCUT2D eigenvalue weighted by Gasteiger charge is -2.11. The number of halogens is 3. The van der Waals surface area contributed by atoms with Crippen LogP contribution in [-0.2, 0) is 6.54 Å². The molecule has 27 heavy (non-hydrogen) atoms. The second-order valence-electron chi connectivity index (χ2n) is 5.45. The van der Waals surface area contributed by atoms with Gasteiger partial charge in [0.25, 0.3) is 12.3 Å². The first-order valence-electron chi connectivity index (χ1n) is 7.75. The summed E-state index contributed by atoms with van der Waals surface area (Å²) < 4.78 is 37.9. The van der Waals surface area contributed by atoms with E-state index in [1.807, 2.05) is 0 Å². The number of hydrogen-bond acceptors (Lipinski definition) is 5. The molecule has 0 atom stereocenters. The van der Waals surface area contributed by atoms with Crippen molar-refractivity contribution in [3.05, 3.63) is 52.3 Å². The Morgan fingerprint density at radius 1 is 1.33 bits per heavy atom. The van der Waals surface area contributed by atoms with Crippen LogP contribution in [0.25, 0.3) is 5.52 Å². The predicted octanol–water partition coefficient (Wildman–Crippen LogP) is 3.38. The van der Waals surface area contributed by atoms with E-state index in [-0.39, 0.29) is 12.4 Å². The predicted molar refractivity (Wildman–Crippen MR) is 96.4 cm³/mol. The molecule has 142 valence electrons. The molecular formula is C17H15BrF2N4O3. The van der Waals surface area contributed by atoms with Crippen LogP contribution in [0.4, 0.5) is 8.78 Å². The van der Waals surface area contributed by atoms with Gasteiger partial charge in [-0.05, 0) is 28.1 Å². The van der Waals surface area contributed by atoms with Crippen LogP contribution in [0.1, 0.15) is 28.3 Å². The third-order valence-corrected chi connectivity index (χ3v) is 4.44. The fourth-order valence-corrected chi connectivity index (χ4v) is 2.95. The summed E-state index contributed by atoms with van der Waals surface area (Å²) in [5.74, 6) is 0.610.